The van der Waals surface area contributed by atoms with Crippen molar-refractivity contribution in [1.29, 1.82) is 0 Å². The van der Waals surface area contributed by atoms with Gasteiger partial charge in [0, 0.05) is 36.9 Å². The number of rotatable bonds is 3. The predicted molar refractivity (Wildman–Crippen MR) is 94.2 cm³/mol. The summed E-state index contributed by atoms with van der Waals surface area (Å²) in [6.45, 7) is 6.49. The summed E-state index contributed by atoms with van der Waals surface area (Å²) >= 11 is 0. The van der Waals surface area contributed by atoms with E-state index in [1.807, 2.05) is 0 Å². The monoisotopic (exact) mass is 629 g/mol. The molecule has 2 heteroatoms. The first-order valence-electron chi connectivity index (χ1n) is 7.91. The van der Waals surface area contributed by atoms with E-state index >= 15 is 0 Å². The maximum Gasteiger partial charge on any atom is 3.00 e. The number of hydrogen-bond donors (Lipinski definition) is 0. The van der Waals surface area contributed by atoms with Gasteiger partial charge >= 0.3 is 36.9 Å². The van der Waals surface area contributed by atoms with Crippen LogP contribution in [0, 0.1) is 73.7 Å². The second kappa shape index (κ2) is 17.3. The molecule has 0 nitrogen and oxygen atoms in total. The van der Waals surface area contributed by atoms with Crippen LogP contribution in [0.15, 0.2) is 72.8 Å². The third kappa shape index (κ3) is 12.5. The minimum absolute atomic E-state index is 0. The smallest absolute Gasteiger partial charge is 0.213 e. The van der Waals surface area contributed by atoms with Gasteiger partial charge in [0.2, 0.25) is 0 Å². The first-order chi connectivity index (χ1) is 10.3. The minimum Gasteiger partial charge on any atom is -0.213 e. The summed E-state index contributed by atoms with van der Waals surface area (Å²) in [7, 11) is 0. The summed E-state index contributed by atoms with van der Waals surface area (Å²) in [6.07, 6.45) is 3.48. The zero-order valence-electron chi connectivity index (χ0n) is 14.1. The predicted octanol–water partition coefficient (Wildman–Crippen LogP) is 5.90. The van der Waals surface area contributed by atoms with Crippen LogP contribution in [0.1, 0.15) is 37.5 Å². The molecule has 23 heavy (non-hydrogen) atoms. The molecule has 0 atom stereocenters. The largest absolute Gasteiger partial charge is 3.00 e. The molecular formula is C21H27Lu2. The molecular weight excluding hydrogens is 602 g/mol. The summed E-state index contributed by atoms with van der Waals surface area (Å²) in [5.41, 5.74) is 4.29. The van der Waals surface area contributed by atoms with E-state index in [2.05, 4.69) is 93.6 Å². The molecule has 0 aliphatic rings. The van der Waals surface area contributed by atoms with Gasteiger partial charge in [-0.05, 0) is 0 Å². The van der Waals surface area contributed by atoms with Crippen LogP contribution in [-0.4, -0.2) is 0 Å². The molecule has 0 heterocycles. The van der Waals surface area contributed by atoms with Crippen molar-refractivity contribution in [1.82, 2.24) is 0 Å². The SMILES string of the molecule is CC[c-]1cccc1.CC[c-]1cccc1.CC[c-]1cccc1.[Lu+3].[Lu]. The Bertz CT molecular complexity index is 435. The zero-order valence-corrected chi connectivity index (χ0v) is 17.4. The summed E-state index contributed by atoms with van der Waals surface area (Å²) in [5.74, 6) is 0. The minimum atomic E-state index is 0. The average molecular weight is 629 g/mol. The Morgan fingerprint density at radius 2 is 0.652 bits per heavy atom. The zero-order chi connectivity index (χ0) is 15.3. The van der Waals surface area contributed by atoms with Gasteiger partial charge in [0.1, 0.15) is 0 Å². The molecule has 0 amide bonds. The van der Waals surface area contributed by atoms with Gasteiger partial charge in [-0.1, -0.05) is 40.0 Å². The van der Waals surface area contributed by atoms with Crippen molar-refractivity contribution in [2.24, 2.45) is 0 Å². The van der Waals surface area contributed by atoms with Crippen LogP contribution >= 0.6 is 0 Å². The van der Waals surface area contributed by atoms with E-state index in [0.29, 0.717) is 0 Å². The van der Waals surface area contributed by atoms with E-state index in [1.165, 1.54) is 16.7 Å². The molecule has 3 aromatic carbocycles. The Morgan fingerprint density at radius 3 is 0.739 bits per heavy atom. The van der Waals surface area contributed by atoms with Crippen molar-refractivity contribution in [2.45, 2.75) is 40.0 Å². The van der Waals surface area contributed by atoms with E-state index in [1.54, 1.807) is 0 Å². The Hall–Kier alpha value is 0.518. The van der Waals surface area contributed by atoms with Gasteiger partial charge < -0.3 is 0 Å². The van der Waals surface area contributed by atoms with Crippen LogP contribution in [0.3, 0.4) is 0 Å². The van der Waals surface area contributed by atoms with E-state index in [4.69, 9.17) is 0 Å². The fraction of sp³-hybridized carbons (Fsp3) is 0.286. The first-order valence-corrected chi connectivity index (χ1v) is 7.91. The second-order valence-electron chi connectivity index (χ2n) is 4.94. The molecule has 0 bridgehead atoms. The van der Waals surface area contributed by atoms with E-state index in [0.717, 1.165) is 19.3 Å². The van der Waals surface area contributed by atoms with Crippen molar-refractivity contribution in [3.63, 3.8) is 0 Å². The van der Waals surface area contributed by atoms with Crippen LogP contribution < -0.4 is 0 Å². The Morgan fingerprint density at radius 1 is 0.478 bits per heavy atom. The van der Waals surface area contributed by atoms with Gasteiger partial charge in [0.05, 0.1) is 0 Å². The maximum atomic E-state index is 2.16. The van der Waals surface area contributed by atoms with Crippen LogP contribution in [0.5, 0.6) is 0 Å². The molecule has 0 N–H and O–H groups in total. The maximum absolute atomic E-state index is 2.16. The van der Waals surface area contributed by atoms with Gasteiger partial charge in [0.25, 0.3) is 0 Å². The van der Waals surface area contributed by atoms with Gasteiger partial charge in [-0.3, -0.25) is 0 Å². The molecule has 0 unspecified atom stereocenters. The molecule has 0 saturated heterocycles. The third-order valence-corrected chi connectivity index (χ3v) is 3.42. The molecule has 0 saturated carbocycles. The molecule has 1 radical (unpaired) electrons. The molecule has 0 aliphatic heterocycles. The topological polar surface area (TPSA) is 0 Å². The molecule has 0 spiro atoms. The molecule has 3 rings (SSSR count). The van der Waals surface area contributed by atoms with Crippen LogP contribution in [0.4, 0.5) is 0 Å². The number of aryl methyl sites for hydroxylation is 3. The fourth-order valence-electron chi connectivity index (χ4n) is 1.95. The van der Waals surface area contributed by atoms with Crippen molar-refractivity contribution >= 4 is 0 Å². The fourth-order valence-corrected chi connectivity index (χ4v) is 1.95. The molecule has 0 fully saturated rings. The normalized spacial score (nSPS) is 8.48. The van der Waals surface area contributed by atoms with Crippen LogP contribution in [0.25, 0.3) is 0 Å². The Kier molecular flexibility index (Phi) is 19.4. The summed E-state index contributed by atoms with van der Waals surface area (Å²) in [4.78, 5) is 0. The Balaban J connectivity index is 0. The van der Waals surface area contributed by atoms with E-state index in [-0.39, 0.29) is 73.7 Å². The average Bonchev–Trinajstić information content (AvgIpc) is 3.31. The van der Waals surface area contributed by atoms with Crippen molar-refractivity contribution in [2.75, 3.05) is 0 Å². The van der Waals surface area contributed by atoms with Crippen molar-refractivity contribution < 1.29 is 73.7 Å². The molecule has 0 aliphatic carbocycles. The molecule has 3 aromatic rings. The van der Waals surface area contributed by atoms with Gasteiger partial charge in [-0.15, -0.1) is 0 Å². The number of hydrogen-bond acceptors (Lipinski definition) is 0. The van der Waals surface area contributed by atoms with Crippen molar-refractivity contribution in [3.8, 4) is 0 Å². The standard InChI is InChI=1S/3C7H9.2Lu/c3*1-2-7-5-3-4-6-7;;/h3*3-6H,2H2,1H3;;/q3*-1;;+3. The first kappa shape index (κ1) is 25.8. The third-order valence-electron chi connectivity index (χ3n) is 3.42. The van der Waals surface area contributed by atoms with Gasteiger partial charge in [-0.2, -0.15) is 53.1 Å². The van der Waals surface area contributed by atoms with Gasteiger partial charge in [-0.25, -0.2) is 36.4 Å². The Labute approximate surface area is 200 Å². The molecule has 0 aromatic heterocycles. The van der Waals surface area contributed by atoms with E-state index < -0.39 is 0 Å². The summed E-state index contributed by atoms with van der Waals surface area (Å²) < 4.78 is 0. The summed E-state index contributed by atoms with van der Waals surface area (Å²) in [6, 6.07) is 25.2. The van der Waals surface area contributed by atoms with Crippen LogP contribution in [0.2, 0.25) is 0 Å². The molecule has 141 valence electrons. The van der Waals surface area contributed by atoms with E-state index in [9.17, 15) is 0 Å². The van der Waals surface area contributed by atoms with Gasteiger partial charge in [0.15, 0.2) is 0 Å². The van der Waals surface area contributed by atoms with Crippen molar-refractivity contribution in [3.05, 3.63) is 89.5 Å². The quantitative estimate of drug-likeness (QED) is 0.317. The van der Waals surface area contributed by atoms with Crippen LogP contribution in [-0.2, 0) is 19.3 Å². The summed E-state index contributed by atoms with van der Waals surface area (Å²) in [5, 5.41) is 0. The second-order valence-corrected chi connectivity index (χ2v) is 4.94.